The number of nitrogens with one attached hydrogen (secondary N) is 1. The highest BCUT2D eigenvalue weighted by molar-refractivity contribution is 7.89. The van der Waals surface area contributed by atoms with E-state index < -0.39 is 10.0 Å². The van der Waals surface area contributed by atoms with Crippen LogP contribution in [0.4, 0.5) is 0 Å². The van der Waals surface area contributed by atoms with Gasteiger partial charge in [0.1, 0.15) is 0 Å². The van der Waals surface area contributed by atoms with Gasteiger partial charge in [0, 0.05) is 25.2 Å². The molecule has 2 aromatic rings. The van der Waals surface area contributed by atoms with Crippen LogP contribution in [0, 0.1) is 0 Å². The number of hydrogen-bond acceptors (Lipinski definition) is 3. The zero-order valence-corrected chi connectivity index (χ0v) is 14.7. The molecule has 0 aliphatic heterocycles. The maximum Gasteiger partial charge on any atom is 0.251 e. The summed E-state index contributed by atoms with van der Waals surface area (Å²) >= 11 is 0. The smallest absolute Gasteiger partial charge is 0.251 e. The Bertz CT molecular complexity index is 772. The van der Waals surface area contributed by atoms with E-state index in [1.54, 1.807) is 54.6 Å². The van der Waals surface area contributed by atoms with Crippen molar-refractivity contribution in [3.8, 4) is 0 Å². The molecule has 0 fully saturated rings. The first-order chi connectivity index (χ1) is 11.5. The molecule has 0 radical (unpaired) electrons. The summed E-state index contributed by atoms with van der Waals surface area (Å²) in [7, 11) is -3.53. The number of sulfonamides is 1. The third kappa shape index (κ3) is 4.21. The first-order valence-corrected chi connectivity index (χ1v) is 9.35. The van der Waals surface area contributed by atoms with Crippen molar-refractivity contribution in [1.82, 2.24) is 9.62 Å². The van der Waals surface area contributed by atoms with Gasteiger partial charge in [0.2, 0.25) is 10.0 Å². The van der Waals surface area contributed by atoms with E-state index in [2.05, 4.69) is 5.32 Å². The minimum atomic E-state index is -3.53. The Kier molecular flexibility index (Phi) is 6.11. The summed E-state index contributed by atoms with van der Waals surface area (Å²) < 4.78 is 26.8. The van der Waals surface area contributed by atoms with Gasteiger partial charge in [-0.3, -0.25) is 4.79 Å². The molecule has 2 aromatic carbocycles. The van der Waals surface area contributed by atoms with E-state index in [9.17, 15) is 13.2 Å². The van der Waals surface area contributed by atoms with Gasteiger partial charge in [0.25, 0.3) is 5.91 Å². The predicted molar refractivity (Wildman–Crippen MR) is 94.2 cm³/mol. The zero-order chi connectivity index (χ0) is 17.6. The average Bonchev–Trinajstić information content (AvgIpc) is 2.61. The molecule has 2 rings (SSSR count). The van der Waals surface area contributed by atoms with E-state index in [1.165, 1.54) is 4.31 Å². The van der Waals surface area contributed by atoms with Crippen LogP contribution in [0.1, 0.15) is 29.8 Å². The summed E-state index contributed by atoms with van der Waals surface area (Å²) in [4.78, 5) is 12.0. The van der Waals surface area contributed by atoms with Crippen LogP contribution in [-0.2, 0) is 16.6 Å². The molecule has 0 spiro atoms. The molecule has 128 valence electrons. The zero-order valence-electron chi connectivity index (χ0n) is 13.9. The van der Waals surface area contributed by atoms with Crippen LogP contribution < -0.4 is 5.32 Å². The van der Waals surface area contributed by atoms with Crippen molar-refractivity contribution in [2.75, 3.05) is 13.1 Å². The minimum Gasteiger partial charge on any atom is -0.352 e. The lowest BCUT2D eigenvalue weighted by molar-refractivity contribution is 0.0956. The molecule has 0 saturated heterocycles. The van der Waals surface area contributed by atoms with Crippen LogP contribution in [0.15, 0.2) is 59.5 Å². The minimum absolute atomic E-state index is 0.131. The number of hydrogen-bond donors (Lipinski definition) is 1. The molecule has 0 aliphatic rings. The maximum absolute atomic E-state index is 12.7. The first-order valence-electron chi connectivity index (χ1n) is 7.91. The maximum atomic E-state index is 12.7. The topological polar surface area (TPSA) is 66.5 Å². The normalized spacial score (nSPS) is 11.5. The summed E-state index contributed by atoms with van der Waals surface area (Å²) in [6, 6.07) is 15.4. The summed E-state index contributed by atoms with van der Waals surface area (Å²) in [5, 5.41) is 2.73. The SMILES string of the molecule is CCNC(=O)c1ccc(CN(CC)S(=O)(=O)c2ccccc2)cc1. The van der Waals surface area contributed by atoms with Gasteiger partial charge in [0.05, 0.1) is 4.90 Å². The second-order valence-corrected chi connectivity index (χ2v) is 7.24. The van der Waals surface area contributed by atoms with Gasteiger partial charge < -0.3 is 5.32 Å². The highest BCUT2D eigenvalue weighted by atomic mass is 32.2. The second-order valence-electron chi connectivity index (χ2n) is 5.30. The second kappa shape index (κ2) is 8.08. The fraction of sp³-hybridized carbons (Fsp3) is 0.278. The molecule has 0 unspecified atom stereocenters. The van der Waals surface area contributed by atoms with Gasteiger partial charge in [0.15, 0.2) is 0 Å². The van der Waals surface area contributed by atoms with Crippen LogP contribution >= 0.6 is 0 Å². The third-order valence-corrected chi connectivity index (χ3v) is 5.58. The molecule has 24 heavy (non-hydrogen) atoms. The number of rotatable bonds is 7. The van der Waals surface area contributed by atoms with E-state index in [-0.39, 0.29) is 17.3 Å². The van der Waals surface area contributed by atoms with E-state index in [4.69, 9.17) is 0 Å². The van der Waals surface area contributed by atoms with Gasteiger partial charge in [-0.15, -0.1) is 0 Å². The van der Waals surface area contributed by atoms with Crippen molar-refractivity contribution < 1.29 is 13.2 Å². The summed E-state index contributed by atoms with van der Waals surface area (Å²) in [5.74, 6) is -0.131. The number of carbonyl (C=O) groups is 1. The standard InChI is InChI=1S/C18H22N2O3S/c1-3-19-18(21)16-12-10-15(11-13-16)14-20(4-2)24(22,23)17-8-6-5-7-9-17/h5-13H,3-4,14H2,1-2H3,(H,19,21). The molecule has 0 bridgehead atoms. The summed E-state index contributed by atoms with van der Waals surface area (Å²) in [6.07, 6.45) is 0. The molecule has 0 atom stereocenters. The average molecular weight is 346 g/mol. The van der Waals surface area contributed by atoms with Gasteiger partial charge in [-0.25, -0.2) is 8.42 Å². The number of benzene rings is 2. The van der Waals surface area contributed by atoms with Crippen LogP contribution in [0.5, 0.6) is 0 Å². The van der Waals surface area contributed by atoms with Gasteiger partial charge in [-0.05, 0) is 36.8 Å². The van der Waals surface area contributed by atoms with Crippen molar-refractivity contribution in [3.05, 3.63) is 65.7 Å². The predicted octanol–water partition coefficient (Wildman–Crippen LogP) is 2.65. The Morgan fingerprint density at radius 2 is 1.62 bits per heavy atom. The monoisotopic (exact) mass is 346 g/mol. The van der Waals surface area contributed by atoms with Gasteiger partial charge in [-0.1, -0.05) is 37.3 Å². The molecule has 0 aromatic heterocycles. The van der Waals surface area contributed by atoms with Crippen LogP contribution in [-0.4, -0.2) is 31.7 Å². The van der Waals surface area contributed by atoms with Crippen molar-refractivity contribution in [2.24, 2.45) is 0 Å². The number of carbonyl (C=O) groups excluding carboxylic acids is 1. The van der Waals surface area contributed by atoms with Crippen LogP contribution in [0.2, 0.25) is 0 Å². The summed E-state index contributed by atoms with van der Waals surface area (Å²) in [6.45, 7) is 4.88. The highest BCUT2D eigenvalue weighted by Gasteiger charge is 2.22. The quantitative estimate of drug-likeness (QED) is 0.838. The Morgan fingerprint density at radius 1 is 1.00 bits per heavy atom. The lowest BCUT2D eigenvalue weighted by Crippen LogP contribution is -2.30. The molecule has 6 heteroatoms. The van der Waals surface area contributed by atoms with Crippen molar-refractivity contribution in [1.29, 1.82) is 0 Å². The van der Waals surface area contributed by atoms with E-state index in [1.807, 2.05) is 13.8 Å². The first kappa shape index (κ1) is 18.2. The molecule has 0 aliphatic carbocycles. The lowest BCUT2D eigenvalue weighted by Gasteiger charge is -2.20. The summed E-state index contributed by atoms with van der Waals surface area (Å²) in [5.41, 5.74) is 1.40. The Morgan fingerprint density at radius 3 is 2.17 bits per heavy atom. The Labute approximate surface area is 143 Å². The molecule has 0 saturated carbocycles. The van der Waals surface area contributed by atoms with Gasteiger partial charge >= 0.3 is 0 Å². The fourth-order valence-electron chi connectivity index (χ4n) is 2.34. The van der Waals surface area contributed by atoms with Crippen molar-refractivity contribution in [3.63, 3.8) is 0 Å². The molecule has 1 amide bonds. The number of nitrogens with zero attached hydrogens (tertiary/aromatic N) is 1. The molecule has 0 heterocycles. The van der Waals surface area contributed by atoms with Crippen LogP contribution in [0.3, 0.4) is 0 Å². The van der Waals surface area contributed by atoms with E-state index in [0.717, 1.165) is 5.56 Å². The molecule has 5 nitrogen and oxygen atoms in total. The lowest BCUT2D eigenvalue weighted by atomic mass is 10.1. The highest BCUT2D eigenvalue weighted by Crippen LogP contribution is 2.18. The third-order valence-electron chi connectivity index (χ3n) is 3.65. The van der Waals surface area contributed by atoms with E-state index in [0.29, 0.717) is 18.7 Å². The van der Waals surface area contributed by atoms with E-state index >= 15 is 0 Å². The Hall–Kier alpha value is -2.18. The van der Waals surface area contributed by atoms with Gasteiger partial charge in [-0.2, -0.15) is 4.31 Å². The van der Waals surface area contributed by atoms with Crippen LogP contribution in [0.25, 0.3) is 0 Å². The van der Waals surface area contributed by atoms with Crippen molar-refractivity contribution >= 4 is 15.9 Å². The largest absolute Gasteiger partial charge is 0.352 e. The number of amides is 1. The van der Waals surface area contributed by atoms with Crippen molar-refractivity contribution in [2.45, 2.75) is 25.3 Å². The molecule has 1 N–H and O–H groups in total. The molecular weight excluding hydrogens is 324 g/mol. The Balaban J connectivity index is 2.17. The molecular formula is C18H22N2O3S. The fourth-order valence-corrected chi connectivity index (χ4v) is 3.79.